The molecule has 40 heavy (non-hydrogen) atoms. The Labute approximate surface area is 248 Å². The highest BCUT2D eigenvalue weighted by atomic mass is 16.5. The average Bonchev–Trinajstić information content (AvgIpc) is 3.27. The molecule has 0 saturated carbocycles. The Kier molecular flexibility index (Phi) is 25.0. The standard InChI is InChI=1S/C37H64O3/c1-3-4-5-6-7-8-9-10-11-12-13-14-15-16-17-18-19-20-21-22-25-28-31-36(38)32-29-26-23-24-27-30-35-33-34(2)40-37(35)39/h16-17,20-21,33-34H,3-15,18-19,22-32H2,1-2H3/b17-16-,21-20-/t34-/m0/s1. The van der Waals surface area contributed by atoms with E-state index in [9.17, 15) is 9.59 Å². The van der Waals surface area contributed by atoms with E-state index in [0.717, 1.165) is 89.0 Å². The molecule has 1 heterocycles. The molecule has 0 amide bonds. The Balaban J connectivity index is 1.77. The van der Waals surface area contributed by atoms with Gasteiger partial charge in [-0.1, -0.05) is 121 Å². The van der Waals surface area contributed by atoms with Gasteiger partial charge in [-0.25, -0.2) is 4.79 Å². The van der Waals surface area contributed by atoms with Crippen LogP contribution in [0.2, 0.25) is 0 Å². The molecule has 1 aliphatic rings. The van der Waals surface area contributed by atoms with Gasteiger partial charge in [0.15, 0.2) is 0 Å². The average molecular weight is 557 g/mol. The molecule has 0 radical (unpaired) electrons. The molecule has 0 unspecified atom stereocenters. The lowest BCUT2D eigenvalue weighted by molar-refractivity contribution is -0.139. The minimum Gasteiger partial charge on any atom is -0.455 e. The van der Waals surface area contributed by atoms with E-state index in [2.05, 4.69) is 31.2 Å². The second kappa shape index (κ2) is 27.5. The third-order valence-corrected chi connectivity index (χ3v) is 8.03. The fraction of sp³-hybridized carbons (Fsp3) is 0.784. The van der Waals surface area contributed by atoms with Crippen molar-refractivity contribution in [2.45, 2.75) is 187 Å². The number of unbranched alkanes of at least 4 members (excludes halogenated alkanes) is 19. The number of Topliss-reactive ketones (excluding diaryl/α,β-unsaturated/α-hetero) is 1. The van der Waals surface area contributed by atoms with Crippen LogP contribution in [0.25, 0.3) is 0 Å². The van der Waals surface area contributed by atoms with Crippen LogP contribution >= 0.6 is 0 Å². The van der Waals surface area contributed by atoms with Gasteiger partial charge in [0.05, 0.1) is 0 Å². The van der Waals surface area contributed by atoms with Crippen molar-refractivity contribution in [1.82, 2.24) is 0 Å². The van der Waals surface area contributed by atoms with Gasteiger partial charge in [-0.3, -0.25) is 4.79 Å². The number of ether oxygens (including phenoxy) is 1. The molecule has 230 valence electrons. The van der Waals surface area contributed by atoms with E-state index in [1.807, 2.05) is 13.0 Å². The number of rotatable bonds is 29. The van der Waals surface area contributed by atoms with Gasteiger partial charge in [-0.2, -0.15) is 0 Å². The van der Waals surface area contributed by atoms with Crippen molar-refractivity contribution < 1.29 is 14.3 Å². The second-order valence-corrected chi connectivity index (χ2v) is 12.1. The summed E-state index contributed by atoms with van der Waals surface area (Å²) in [5.74, 6) is 0.288. The van der Waals surface area contributed by atoms with Gasteiger partial charge < -0.3 is 4.74 Å². The summed E-state index contributed by atoms with van der Waals surface area (Å²) in [7, 11) is 0. The van der Waals surface area contributed by atoms with Crippen molar-refractivity contribution in [3.05, 3.63) is 36.0 Å². The fourth-order valence-corrected chi connectivity index (χ4v) is 5.46. The maximum Gasteiger partial charge on any atom is 0.334 e. The molecular weight excluding hydrogens is 492 g/mol. The molecule has 0 aliphatic carbocycles. The van der Waals surface area contributed by atoms with Crippen LogP contribution in [0, 0.1) is 0 Å². The predicted octanol–water partition coefficient (Wildman–Crippen LogP) is 11.7. The molecule has 1 rings (SSSR count). The Morgan fingerprint density at radius 2 is 1.05 bits per heavy atom. The Hall–Kier alpha value is -1.64. The van der Waals surface area contributed by atoms with Gasteiger partial charge >= 0.3 is 5.97 Å². The highest BCUT2D eigenvalue weighted by Gasteiger charge is 2.21. The van der Waals surface area contributed by atoms with Gasteiger partial charge in [-0.05, 0) is 77.2 Å². The van der Waals surface area contributed by atoms with E-state index in [4.69, 9.17) is 4.74 Å². The Morgan fingerprint density at radius 1 is 0.625 bits per heavy atom. The van der Waals surface area contributed by atoms with Crippen LogP contribution in [0.4, 0.5) is 0 Å². The van der Waals surface area contributed by atoms with Crippen LogP contribution in [0.1, 0.15) is 181 Å². The number of allylic oxidation sites excluding steroid dienone is 4. The summed E-state index contributed by atoms with van der Waals surface area (Å²) < 4.78 is 5.13. The maximum atomic E-state index is 12.1. The summed E-state index contributed by atoms with van der Waals surface area (Å²) >= 11 is 0. The van der Waals surface area contributed by atoms with Crippen molar-refractivity contribution in [3.8, 4) is 0 Å². The lowest BCUT2D eigenvalue weighted by Gasteiger charge is -2.03. The second-order valence-electron chi connectivity index (χ2n) is 12.1. The van der Waals surface area contributed by atoms with Gasteiger partial charge in [0.2, 0.25) is 0 Å². The van der Waals surface area contributed by atoms with Crippen LogP contribution in [-0.2, 0) is 14.3 Å². The number of ketones is 1. The Morgan fingerprint density at radius 3 is 1.57 bits per heavy atom. The largest absolute Gasteiger partial charge is 0.455 e. The zero-order valence-corrected chi connectivity index (χ0v) is 26.6. The molecule has 0 bridgehead atoms. The number of carbonyl (C=O) groups excluding carboxylic acids is 2. The van der Waals surface area contributed by atoms with Crippen molar-refractivity contribution in [2.24, 2.45) is 0 Å². The zero-order chi connectivity index (χ0) is 28.9. The van der Waals surface area contributed by atoms with E-state index in [-0.39, 0.29) is 12.1 Å². The number of cyclic esters (lactones) is 1. The molecule has 1 atom stereocenters. The summed E-state index contributed by atoms with van der Waals surface area (Å²) in [6.45, 7) is 4.19. The molecule has 3 nitrogen and oxygen atoms in total. The summed E-state index contributed by atoms with van der Waals surface area (Å²) in [6.07, 6.45) is 42.7. The van der Waals surface area contributed by atoms with E-state index < -0.39 is 0 Å². The molecule has 0 fully saturated rings. The minimum atomic E-state index is -0.138. The first-order chi connectivity index (χ1) is 19.6. The first kappa shape index (κ1) is 36.4. The first-order valence-electron chi connectivity index (χ1n) is 17.4. The molecule has 0 aromatic carbocycles. The quantitative estimate of drug-likeness (QED) is 0.0522. The van der Waals surface area contributed by atoms with Crippen LogP contribution in [0.15, 0.2) is 36.0 Å². The van der Waals surface area contributed by atoms with Crippen molar-refractivity contribution in [3.63, 3.8) is 0 Å². The van der Waals surface area contributed by atoms with Crippen LogP contribution < -0.4 is 0 Å². The zero-order valence-electron chi connectivity index (χ0n) is 26.6. The summed E-state index contributed by atoms with van der Waals surface area (Å²) in [5.41, 5.74) is 0.842. The lowest BCUT2D eigenvalue weighted by Crippen LogP contribution is -2.03. The topological polar surface area (TPSA) is 43.4 Å². The highest BCUT2D eigenvalue weighted by molar-refractivity contribution is 5.90. The lowest BCUT2D eigenvalue weighted by atomic mass is 10.0. The first-order valence-corrected chi connectivity index (χ1v) is 17.4. The van der Waals surface area contributed by atoms with E-state index >= 15 is 0 Å². The minimum absolute atomic E-state index is 0.0597. The van der Waals surface area contributed by atoms with Crippen molar-refractivity contribution in [1.29, 1.82) is 0 Å². The fourth-order valence-electron chi connectivity index (χ4n) is 5.46. The van der Waals surface area contributed by atoms with Gasteiger partial charge in [0.25, 0.3) is 0 Å². The maximum absolute atomic E-state index is 12.1. The third-order valence-electron chi connectivity index (χ3n) is 8.03. The molecule has 1 aliphatic heterocycles. The summed E-state index contributed by atoms with van der Waals surface area (Å²) in [5, 5.41) is 0. The van der Waals surface area contributed by atoms with Gasteiger partial charge in [0, 0.05) is 18.4 Å². The van der Waals surface area contributed by atoms with Crippen LogP contribution in [0.3, 0.4) is 0 Å². The molecule has 0 aromatic heterocycles. The highest BCUT2D eigenvalue weighted by Crippen LogP contribution is 2.20. The molecular formula is C37H64O3. The predicted molar refractivity (Wildman–Crippen MR) is 173 cm³/mol. The van der Waals surface area contributed by atoms with Crippen LogP contribution in [-0.4, -0.2) is 17.9 Å². The molecule has 0 saturated heterocycles. The SMILES string of the molecule is CCCCCCCCCCCCCC/C=C\CC/C=C\CCCCC(=O)CCCCCCCC1=C[C@H](C)OC1=O. The van der Waals surface area contributed by atoms with Crippen molar-refractivity contribution >= 4 is 11.8 Å². The number of esters is 1. The smallest absolute Gasteiger partial charge is 0.334 e. The van der Waals surface area contributed by atoms with E-state index in [1.165, 1.54) is 83.5 Å². The number of carbonyl (C=O) groups is 2. The van der Waals surface area contributed by atoms with E-state index in [1.54, 1.807) is 0 Å². The monoisotopic (exact) mass is 556 g/mol. The van der Waals surface area contributed by atoms with E-state index in [0.29, 0.717) is 5.78 Å². The third kappa shape index (κ3) is 23.1. The normalized spacial score (nSPS) is 15.4. The molecule has 3 heteroatoms. The number of hydrogen-bond acceptors (Lipinski definition) is 3. The van der Waals surface area contributed by atoms with Crippen LogP contribution in [0.5, 0.6) is 0 Å². The molecule has 0 N–H and O–H groups in total. The summed E-state index contributed by atoms with van der Waals surface area (Å²) in [4.78, 5) is 23.7. The van der Waals surface area contributed by atoms with Crippen molar-refractivity contribution in [2.75, 3.05) is 0 Å². The number of hydrogen-bond donors (Lipinski definition) is 0. The Bertz CT molecular complexity index is 702. The summed E-state index contributed by atoms with van der Waals surface area (Å²) in [6, 6.07) is 0. The van der Waals surface area contributed by atoms with Gasteiger partial charge in [-0.15, -0.1) is 0 Å². The van der Waals surface area contributed by atoms with Gasteiger partial charge in [0.1, 0.15) is 11.9 Å². The molecule has 0 spiro atoms. The molecule has 0 aromatic rings.